The molecule has 5 rings (SSSR count). The van der Waals surface area contributed by atoms with E-state index in [1.54, 1.807) is 22.8 Å². The quantitative estimate of drug-likeness (QED) is 0.388. The average Bonchev–Trinajstić information content (AvgIpc) is 3.52. The lowest BCUT2D eigenvalue weighted by molar-refractivity contribution is -0.174. The van der Waals surface area contributed by atoms with Crippen molar-refractivity contribution in [3.05, 3.63) is 70.8 Å². The fraction of sp³-hybridized carbons (Fsp3) is 0.545. The number of aryl methyl sites for hydroxylation is 1. The molecule has 2 aromatic carbocycles. The molecule has 0 radical (unpaired) electrons. The summed E-state index contributed by atoms with van der Waals surface area (Å²) < 4.78 is 51.8. The van der Waals surface area contributed by atoms with Gasteiger partial charge in [-0.1, -0.05) is 42.0 Å². The zero-order chi connectivity index (χ0) is 32.1. The summed E-state index contributed by atoms with van der Waals surface area (Å²) in [6.07, 6.45) is -2.44. The van der Waals surface area contributed by atoms with Gasteiger partial charge in [0.15, 0.2) is 0 Å². The molecule has 0 bridgehead atoms. The van der Waals surface area contributed by atoms with E-state index >= 15 is 0 Å². The predicted molar refractivity (Wildman–Crippen MR) is 160 cm³/mol. The number of amides is 3. The van der Waals surface area contributed by atoms with Crippen LogP contribution in [0.5, 0.6) is 0 Å². The maximum absolute atomic E-state index is 14.1. The first-order valence-corrected chi connectivity index (χ1v) is 15.6. The highest BCUT2D eigenvalue weighted by Gasteiger charge is 2.52. The molecular formula is C33H41F3N4O5. The molecule has 3 aliphatic rings. The first-order chi connectivity index (χ1) is 21.5. The number of nitrogens with two attached hydrogens (primary N) is 1. The Balaban J connectivity index is 1.43. The van der Waals surface area contributed by atoms with Crippen LogP contribution in [0, 0.1) is 12.8 Å². The van der Waals surface area contributed by atoms with Crippen molar-refractivity contribution in [1.29, 1.82) is 0 Å². The zero-order valence-corrected chi connectivity index (χ0v) is 25.5. The van der Waals surface area contributed by atoms with Gasteiger partial charge in [-0.25, -0.2) is 4.79 Å². The van der Waals surface area contributed by atoms with Crippen molar-refractivity contribution in [2.24, 2.45) is 11.7 Å². The van der Waals surface area contributed by atoms with Crippen LogP contribution in [0.25, 0.3) is 0 Å². The molecule has 0 spiro atoms. The van der Waals surface area contributed by atoms with Crippen molar-refractivity contribution in [2.45, 2.75) is 76.5 Å². The van der Waals surface area contributed by atoms with Gasteiger partial charge < -0.3 is 25.0 Å². The van der Waals surface area contributed by atoms with Crippen LogP contribution in [0.15, 0.2) is 48.5 Å². The molecule has 0 aliphatic carbocycles. The molecule has 45 heavy (non-hydrogen) atoms. The number of alkyl halides is 3. The monoisotopic (exact) mass is 630 g/mol. The fourth-order valence-corrected chi connectivity index (χ4v) is 6.64. The van der Waals surface area contributed by atoms with E-state index in [2.05, 4.69) is 0 Å². The Morgan fingerprint density at radius 1 is 1.04 bits per heavy atom. The third-order valence-corrected chi connectivity index (χ3v) is 8.78. The van der Waals surface area contributed by atoms with Crippen LogP contribution >= 0.6 is 0 Å². The molecule has 1 unspecified atom stereocenters. The fourth-order valence-electron chi connectivity index (χ4n) is 6.64. The highest BCUT2D eigenvalue weighted by molar-refractivity contribution is 5.91. The van der Waals surface area contributed by atoms with Crippen molar-refractivity contribution < 1.29 is 37.0 Å². The van der Waals surface area contributed by atoms with Crippen LogP contribution in [-0.4, -0.2) is 83.7 Å². The van der Waals surface area contributed by atoms with Gasteiger partial charge in [-0.15, -0.1) is 0 Å². The summed E-state index contributed by atoms with van der Waals surface area (Å²) in [5, 5.41) is 0. The Labute approximate surface area is 261 Å². The Kier molecular flexibility index (Phi) is 10.3. The van der Waals surface area contributed by atoms with Gasteiger partial charge in [-0.3, -0.25) is 14.5 Å². The van der Waals surface area contributed by atoms with Crippen LogP contribution in [0.3, 0.4) is 0 Å². The van der Waals surface area contributed by atoms with Crippen molar-refractivity contribution in [1.82, 2.24) is 14.7 Å². The van der Waals surface area contributed by atoms with Gasteiger partial charge in [0.2, 0.25) is 11.8 Å². The standard InChI is InChI=1S/C33H41F3N4O5/c1-22-14-24(17-26(15-22)33(34,35)36)21-45-32(43)39-18-25(16-23-8-3-2-4-9-23)30(41)40-28(11-5-6-12-37)31(42)38(20-29(39)40)19-27-10-7-13-44-27/h2-4,8-9,14-15,17,25,27-29H,5-7,10-13,16,18-21,37H2,1H3/t25-,27?,28+,29-/m1/s1. The molecule has 4 atom stereocenters. The molecule has 3 fully saturated rings. The molecule has 0 saturated carbocycles. The van der Waals surface area contributed by atoms with Crippen molar-refractivity contribution in [3.63, 3.8) is 0 Å². The number of benzene rings is 2. The molecule has 2 N–H and O–H groups in total. The van der Waals surface area contributed by atoms with E-state index in [1.165, 1.54) is 4.90 Å². The van der Waals surface area contributed by atoms with E-state index in [1.807, 2.05) is 30.3 Å². The van der Waals surface area contributed by atoms with Gasteiger partial charge in [0.25, 0.3) is 0 Å². The number of halogens is 3. The number of fused-ring (bicyclic) bond motifs is 1. The summed E-state index contributed by atoms with van der Waals surface area (Å²) in [5.74, 6) is -1.02. The number of rotatable bonds is 10. The van der Waals surface area contributed by atoms with Gasteiger partial charge in [-0.05, 0) is 75.3 Å². The van der Waals surface area contributed by atoms with Crippen molar-refractivity contribution in [3.8, 4) is 0 Å². The second-order valence-corrected chi connectivity index (χ2v) is 12.2. The molecule has 2 aromatic rings. The summed E-state index contributed by atoms with van der Waals surface area (Å²) in [5.41, 5.74) is 6.43. The topological polar surface area (TPSA) is 105 Å². The summed E-state index contributed by atoms with van der Waals surface area (Å²) in [6, 6.07) is 12.2. The van der Waals surface area contributed by atoms with E-state index in [-0.39, 0.29) is 43.2 Å². The third kappa shape index (κ3) is 7.78. The van der Waals surface area contributed by atoms with E-state index in [4.69, 9.17) is 15.2 Å². The maximum atomic E-state index is 14.1. The molecule has 244 valence electrons. The number of carbonyl (C=O) groups excluding carboxylic acids is 3. The maximum Gasteiger partial charge on any atom is 0.416 e. The number of hydrogen-bond acceptors (Lipinski definition) is 6. The summed E-state index contributed by atoms with van der Waals surface area (Å²) in [6.45, 7) is 2.74. The van der Waals surface area contributed by atoms with Gasteiger partial charge in [0.1, 0.15) is 18.8 Å². The normalized spacial score (nSPS) is 23.8. The first kappa shape index (κ1) is 32.7. The minimum absolute atomic E-state index is 0.0484. The Hall–Kier alpha value is -3.64. The number of hydrogen-bond donors (Lipinski definition) is 1. The number of piperazine rings is 1. The lowest BCUT2D eigenvalue weighted by Crippen LogP contribution is -2.73. The van der Waals surface area contributed by atoms with Crippen LogP contribution in [0.4, 0.5) is 18.0 Å². The number of unbranched alkanes of at least 4 members (excludes halogenated alkanes) is 1. The van der Waals surface area contributed by atoms with Gasteiger partial charge in [-0.2, -0.15) is 13.2 Å². The zero-order valence-electron chi connectivity index (χ0n) is 25.5. The molecular weight excluding hydrogens is 589 g/mol. The molecule has 12 heteroatoms. The van der Waals surface area contributed by atoms with Crippen LogP contribution in [0.1, 0.15) is 54.4 Å². The van der Waals surface area contributed by atoms with Crippen LogP contribution in [-0.2, 0) is 38.3 Å². The highest BCUT2D eigenvalue weighted by atomic mass is 19.4. The number of nitrogens with zero attached hydrogens (tertiary/aromatic N) is 3. The molecule has 3 aliphatic heterocycles. The summed E-state index contributed by atoms with van der Waals surface area (Å²) in [4.78, 5) is 46.6. The second-order valence-electron chi connectivity index (χ2n) is 12.2. The Morgan fingerprint density at radius 3 is 2.51 bits per heavy atom. The van der Waals surface area contributed by atoms with Crippen LogP contribution in [0.2, 0.25) is 0 Å². The lowest BCUT2D eigenvalue weighted by Gasteiger charge is -2.54. The minimum atomic E-state index is -4.54. The van der Waals surface area contributed by atoms with E-state index in [0.29, 0.717) is 50.9 Å². The van der Waals surface area contributed by atoms with E-state index in [9.17, 15) is 27.6 Å². The highest BCUT2D eigenvalue weighted by Crippen LogP contribution is 2.34. The SMILES string of the molecule is Cc1cc(COC(=O)N2C[C@@H](Cc3ccccc3)C(=O)N3[C@@H]2CN(CC2CCCO2)C(=O)[C@@H]3CCCCN)cc(C(F)(F)F)c1. The molecule has 0 aromatic heterocycles. The van der Waals surface area contributed by atoms with Crippen molar-refractivity contribution in [2.75, 3.05) is 32.8 Å². The summed E-state index contributed by atoms with van der Waals surface area (Å²) in [7, 11) is 0. The second kappa shape index (κ2) is 14.2. The average molecular weight is 631 g/mol. The Bertz CT molecular complexity index is 1350. The van der Waals surface area contributed by atoms with E-state index < -0.39 is 36.0 Å². The molecule has 9 nitrogen and oxygen atoms in total. The minimum Gasteiger partial charge on any atom is -0.444 e. The van der Waals surface area contributed by atoms with Gasteiger partial charge in [0, 0.05) is 19.7 Å². The molecule has 3 heterocycles. The Morgan fingerprint density at radius 2 is 1.82 bits per heavy atom. The van der Waals surface area contributed by atoms with Crippen molar-refractivity contribution >= 4 is 17.9 Å². The summed E-state index contributed by atoms with van der Waals surface area (Å²) >= 11 is 0. The van der Waals surface area contributed by atoms with E-state index in [0.717, 1.165) is 30.5 Å². The number of ether oxygens (including phenoxy) is 2. The molecule has 3 saturated heterocycles. The molecule has 3 amide bonds. The van der Waals surface area contributed by atoms with Gasteiger partial charge >= 0.3 is 12.3 Å². The van der Waals surface area contributed by atoms with Crippen LogP contribution < -0.4 is 5.73 Å². The lowest BCUT2D eigenvalue weighted by atomic mass is 9.90. The largest absolute Gasteiger partial charge is 0.444 e. The number of carbonyl (C=O) groups is 3. The smallest absolute Gasteiger partial charge is 0.416 e. The predicted octanol–water partition coefficient (Wildman–Crippen LogP) is 4.50. The third-order valence-electron chi connectivity index (χ3n) is 8.78. The first-order valence-electron chi connectivity index (χ1n) is 15.6. The van der Waals surface area contributed by atoms with Gasteiger partial charge in [0.05, 0.1) is 24.1 Å².